The number of hydrogen-bond donors (Lipinski definition) is 0. The summed E-state index contributed by atoms with van der Waals surface area (Å²) in [7, 11) is 0. The Morgan fingerprint density at radius 1 is 1.25 bits per heavy atom. The molecule has 0 fully saturated rings. The molecule has 2 rings (SSSR count). The number of carbonyl (C=O) groups is 1. The van der Waals surface area contributed by atoms with Crippen LogP contribution in [0.25, 0.3) is 11.1 Å². The molecule has 4 heteroatoms. The van der Waals surface area contributed by atoms with Crippen LogP contribution in [0.3, 0.4) is 0 Å². The number of nitriles is 1. The monoisotopic (exact) mass is 321 g/mol. The number of carbonyl (C=O) groups excluding carboxylic acids is 1. The molecular weight excluding hydrogens is 302 g/mol. The van der Waals surface area contributed by atoms with Gasteiger partial charge in [0.05, 0.1) is 11.6 Å². The summed E-state index contributed by atoms with van der Waals surface area (Å²) < 4.78 is 10.8. The minimum Gasteiger partial charge on any atom is -0.487 e. The van der Waals surface area contributed by atoms with Crippen LogP contribution in [-0.2, 0) is 9.53 Å². The molecule has 0 saturated heterocycles. The Kier molecular flexibility index (Phi) is 5.75. The number of benzene rings is 2. The smallest absolute Gasteiger partial charge is 0.333 e. The first-order chi connectivity index (χ1) is 11.5. The molecule has 2 aromatic carbocycles. The SMILES string of the molecule is C=C(C)C(=O)OCC(C)Oc1ccc(-c2ccccc2)c(C#N)c1. The minimum atomic E-state index is -0.442. The van der Waals surface area contributed by atoms with Crippen LogP contribution in [0.15, 0.2) is 60.7 Å². The zero-order valence-corrected chi connectivity index (χ0v) is 13.8. The Balaban J connectivity index is 2.09. The normalized spacial score (nSPS) is 11.2. The van der Waals surface area contributed by atoms with Crippen molar-refractivity contribution < 1.29 is 14.3 Å². The van der Waals surface area contributed by atoms with Crippen molar-refractivity contribution >= 4 is 5.97 Å². The molecule has 0 bridgehead atoms. The van der Waals surface area contributed by atoms with Gasteiger partial charge in [0.25, 0.3) is 0 Å². The van der Waals surface area contributed by atoms with Crippen molar-refractivity contribution in [1.29, 1.82) is 5.26 Å². The molecule has 24 heavy (non-hydrogen) atoms. The van der Waals surface area contributed by atoms with Crippen LogP contribution in [0, 0.1) is 11.3 Å². The summed E-state index contributed by atoms with van der Waals surface area (Å²) >= 11 is 0. The second-order valence-electron chi connectivity index (χ2n) is 5.49. The molecule has 0 spiro atoms. The molecule has 1 atom stereocenters. The van der Waals surface area contributed by atoms with E-state index in [9.17, 15) is 10.1 Å². The summed E-state index contributed by atoms with van der Waals surface area (Å²) in [4.78, 5) is 11.4. The highest BCUT2D eigenvalue weighted by molar-refractivity contribution is 5.86. The maximum absolute atomic E-state index is 11.4. The van der Waals surface area contributed by atoms with Gasteiger partial charge in [0.2, 0.25) is 0 Å². The zero-order chi connectivity index (χ0) is 17.5. The second kappa shape index (κ2) is 7.98. The Hall–Kier alpha value is -3.06. The molecule has 0 N–H and O–H groups in total. The number of rotatable bonds is 6. The molecule has 0 radical (unpaired) electrons. The van der Waals surface area contributed by atoms with Crippen molar-refractivity contribution in [3.63, 3.8) is 0 Å². The molecule has 0 amide bonds. The zero-order valence-electron chi connectivity index (χ0n) is 13.8. The van der Waals surface area contributed by atoms with Crippen LogP contribution in [0.1, 0.15) is 19.4 Å². The topological polar surface area (TPSA) is 59.3 Å². The van der Waals surface area contributed by atoms with Crippen molar-refractivity contribution in [3.05, 3.63) is 66.2 Å². The maximum Gasteiger partial charge on any atom is 0.333 e. The standard InChI is InChI=1S/C20H19NO3/c1-14(2)20(22)23-13-15(3)24-18-9-10-19(17(11-18)12-21)16-7-5-4-6-8-16/h4-11,15H,1,13H2,2-3H3. The third-order valence-corrected chi connectivity index (χ3v) is 3.33. The summed E-state index contributed by atoms with van der Waals surface area (Å²) in [6.07, 6.45) is -0.331. The van der Waals surface area contributed by atoms with Gasteiger partial charge in [-0.15, -0.1) is 0 Å². The first-order valence-electron chi connectivity index (χ1n) is 7.60. The highest BCUT2D eigenvalue weighted by atomic mass is 16.6. The quantitative estimate of drug-likeness (QED) is 0.593. The first-order valence-corrected chi connectivity index (χ1v) is 7.60. The van der Waals surface area contributed by atoms with Crippen LogP contribution in [0.4, 0.5) is 0 Å². The van der Waals surface area contributed by atoms with Crippen LogP contribution in [0.2, 0.25) is 0 Å². The Morgan fingerprint density at radius 2 is 1.96 bits per heavy atom. The van der Waals surface area contributed by atoms with Crippen molar-refractivity contribution in [1.82, 2.24) is 0 Å². The fourth-order valence-electron chi connectivity index (χ4n) is 2.14. The average Bonchev–Trinajstić information content (AvgIpc) is 2.60. The van der Waals surface area contributed by atoms with Crippen LogP contribution in [-0.4, -0.2) is 18.7 Å². The minimum absolute atomic E-state index is 0.119. The molecule has 122 valence electrons. The third kappa shape index (κ3) is 4.47. The van der Waals surface area contributed by atoms with E-state index in [0.29, 0.717) is 16.9 Å². The van der Waals surface area contributed by atoms with Crippen LogP contribution in [0.5, 0.6) is 5.75 Å². The van der Waals surface area contributed by atoms with Crippen LogP contribution < -0.4 is 4.74 Å². The van der Waals surface area contributed by atoms with Gasteiger partial charge >= 0.3 is 5.97 Å². The highest BCUT2D eigenvalue weighted by Crippen LogP contribution is 2.27. The number of ether oxygens (including phenoxy) is 2. The van der Waals surface area contributed by atoms with E-state index in [2.05, 4.69) is 12.6 Å². The predicted molar refractivity (Wildman–Crippen MR) is 92.5 cm³/mol. The molecule has 0 heterocycles. The predicted octanol–water partition coefficient (Wildman–Crippen LogP) is 4.11. The van der Waals surface area contributed by atoms with Gasteiger partial charge in [0.1, 0.15) is 18.5 Å². The molecule has 0 aliphatic carbocycles. The molecule has 0 aliphatic heterocycles. The molecule has 0 aliphatic rings. The second-order valence-corrected chi connectivity index (χ2v) is 5.49. The summed E-state index contributed by atoms with van der Waals surface area (Å²) in [6.45, 7) is 7.03. The van der Waals surface area contributed by atoms with Gasteiger partial charge in [0, 0.05) is 5.57 Å². The first kappa shape index (κ1) is 17.3. The molecule has 0 saturated carbocycles. The van der Waals surface area contributed by atoms with Crippen molar-refractivity contribution in [2.24, 2.45) is 0 Å². The largest absolute Gasteiger partial charge is 0.487 e. The molecule has 1 unspecified atom stereocenters. The number of esters is 1. The van der Waals surface area contributed by atoms with Gasteiger partial charge in [0.15, 0.2) is 0 Å². The molecule has 4 nitrogen and oxygen atoms in total. The van der Waals surface area contributed by atoms with Gasteiger partial charge < -0.3 is 9.47 Å². The lowest BCUT2D eigenvalue weighted by atomic mass is 10.0. The molecular formula is C20H19NO3. The van der Waals surface area contributed by atoms with E-state index in [1.807, 2.05) is 36.4 Å². The lowest BCUT2D eigenvalue weighted by Crippen LogP contribution is -2.21. The summed E-state index contributed by atoms with van der Waals surface area (Å²) in [5.74, 6) is 0.118. The average molecular weight is 321 g/mol. The van der Waals surface area contributed by atoms with E-state index >= 15 is 0 Å². The fourth-order valence-corrected chi connectivity index (χ4v) is 2.14. The number of nitrogens with zero attached hydrogens (tertiary/aromatic N) is 1. The number of hydrogen-bond acceptors (Lipinski definition) is 4. The van der Waals surface area contributed by atoms with Gasteiger partial charge in [-0.25, -0.2) is 4.79 Å². The van der Waals surface area contributed by atoms with Crippen molar-refractivity contribution in [2.45, 2.75) is 20.0 Å². The lowest BCUT2D eigenvalue weighted by Gasteiger charge is -2.16. The maximum atomic E-state index is 11.4. The van der Waals surface area contributed by atoms with E-state index in [-0.39, 0.29) is 12.7 Å². The Morgan fingerprint density at radius 3 is 2.58 bits per heavy atom. The van der Waals surface area contributed by atoms with Crippen molar-refractivity contribution in [2.75, 3.05) is 6.61 Å². The van der Waals surface area contributed by atoms with Gasteiger partial charge in [-0.1, -0.05) is 36.9 Å². The van der Waals surface area contributed by atoms with Crippen molar-refractivity contribution in [3.8, 4) is 22.9 Å². The summed E-state index contributed by atoms with van der Waals surface area (Å²) in [5.41, 5.74) is 2.71. The molecule has 2 aromatic rings. The van der Waals surface area contributed by atoms with E-state index in [1.165, 1.54) is 0 Å². The van der Waals surface area contributed by atoms with Gasteiger partial charge in [-0.05, 0) is 43.2 Å². The van der Waals surface area contributed by atoms with E-state index in [0.717, 1.165) is 11.1 Å². The van der Waals surface area contributed by atoms with E-state index in [4.69, 9.17) is 9.47 Å². The third-order valence-electron chi connectivity index (χ3n) is 3.33. The van der Waals surface area contributed by atoms with Gasteiger partial charge in [-0.3, -0.25) is 0 Å². The van der Waals surface area contributed by atoms with Gasteiger partial charge in [-0.2, -0.15) is 5.26 Å². The Bertz CT molecular complexity index is 775. The van der Waals surface area contributed by atoms with E-state index in [1.54, 1.807) is 26.0 Å². The fraction of sp³-hybridized carbons (Fsp3) is 0.200. The van der Waals surface area contributed by atoms with Crippen LogP contribution >= 0.6 is 0 Å². The Labute approximate surface area is 141 Å². The summed E-state index contributed by atoms with van der Waals surface area (Å²) in [6, 6.07) is 17.3. The lowest BCUT2D eigenvalue weighted by molar-refractivity contribution is -0.141. The molecule has 0 aromatic heterocycles. The van der Waals surface area contributed by atoms with E-state index < -0.39 is 5.97 Å². The summed E-state index contributed by atoms with van der Waals surface area (Å²) in [5, 5.41) is 9.39. The highest BCUT2D eigenvalue weighted by Gasteiger charge is 2.11.